The highest BCUT2D eigenvalue weighted by Gasteiger charge is 2.49. The van der Waals surface area contributed by atoms with Crippen molar-refractivity contribution in [2.75, 3.05) is 13.7 Å². The van der Waals surface area contributed by atoms with E-state index in [2.05, 4.69) is 0 Å². The number of carbonyl (C=O) groups excluding carboxylic acids is 1. The van der Waals surface area contributed by atoms with Crippen LogP contribution in [-0.4, -0.2) is 31.1 Å². The van der Waals surface area contributed by atoms with Crippen LogP contribution >= 0.6 is 0 Å². The molecule has 4 nitrogen and oxygen atoms in total. The normalized spacial score (nSPS) is 34.5. The van der Waals surface area contributed by atoms with Crippen molar-refractivity contribution in [2.45, 2.75) is 32.2 Å². The van der Waals surface area contributed by atoms with E-state index < -0.39 is 17.4 Å². The smallest absolute Gasteiger partial charge is 0.334 e. The summed E-state index contributed by atoms with van der Waals surface area (Å²) in [5.74, 6) is -1.37. The molecule has 0 unspecified atom stereocenters. The number of rotatable bonds is 1. The minimum Gasteiger partial charge on any atom is -0.428 e. The molecule has 0 saturated carbocycles. The molecule has 0 aromatic carbocycles. The van der Waals surface area contributed by atoms with E-state index in [0.29, 0.717) is 0 Å². The van der Waals surface area contributed by atoms with Crippen molar-refractivity contribution < 1.29 is 19.0 Å². The number of methoxy groups -OCH3 is 1. The molecule has 0 bridgehead atoms. The van der Waals surface area contributed by atoms with E-state index in [0.717, 1.165) is 0 Å². The molecular formula is C8H14O4. The number of esters is 1. The highest BCUT2D eigenvalue weighted by atomic mass is 16.8. The Labute approximate surface area is 71.8 Å². The third kappa shape index (κ3) is 1.32. The molecule has 0 N–H and O–H groups in total. The number of carbonyl (C=O) groups is 1. The van der Waals surface area contributed by atoms with Crippen LogP contribution in [-0.2, 0) is 19.0 Å². The summed E-state index contributed by atoms with van der Waals surface area (Å²) in [4.78, 5) is 10.9. The second-order valence-corrected chi connectivity index (χ2v) is 3.42. The van der Waals surface area contributed by atoms with E-state index in [-0.39, 0.29) is 6.61 Å². The predicted molar refractivity (Wildman–Crippen MR) is 41.5 cm³/mol. The summed E-state index contributed by atoms with van der Waals surface area (Å²) < 4.78 is 15.4. The summed E-state index contributed by atoms with van der Waals surface area (Å²) in [5.41, 5.74) is -0.602. The Morgan fingerprint density at radius 1 is 1.42 bits per heavy atom. The molecule has 0 aromatic heterocycles. The van der Waals surface area contributed by atoms with Gasteiger partial charge in [-0.2, -0.15) is 0 Å². The van der Waals surface area contributed by atoms with Crippen LogP contribution in [0.15, 0.2) is 0 Å². The van der Waals surface area contributed by atoms with Crippen LogP contribution in [0.1, 0.15) is 20.8 Å². The van der Waals surface area contributed by atoms with E-state index in [1.807, 2.05) is 13.8 Å². The predicted octanol–water partition coefficient (Wildman–Crippen LogP) is 0.701. The standard InChI is InChI=1S/C8H14O4/c1-7(2)8(3,10-4)12-6(9)5-11-7/h5H2,1-4H3/t8-/m1/s1. The lowest BCUT2D eigenvalue weighted by atomic mass is 9.97. The molecule has 12 heavy (non-hydrogen) atoms. The third-order valence-electron chi connectivity index (χ3n) is 2.34. The Morgan fingerprint density at radius 2 is 2.00 bits per heavy atom. The molecule has 1 heterocycles. The van der Waals surface area contributed by atoms with Gasteiger partial charge in [0.25, 0.3) is 0 Å². The van der Waals surface area contributed by atoms with E-state index in [4.69, 9.17) is 14.2 Å². The molecule has 70 valence electrons. The Morgan fingerprint density at radius 3 is 2.42 bits per heavy atom. The van der Waals surface area contributed by atoms with Crippen molar-refractivity contribution in [2.24, 2.45) is 0 Å². The molecule has 4 heteroatoms. The topological polar surface area (TPSA) is 44.8 Å². The molecule has 0 spiro atoms. The second-order valence-electron chi connectivity index (χ2n) is 3.42. The average Bonchev–Trinajstić information content (AvgIpc) is 1.98. The number of hydrogen-bond donors (Lipinski definition) is 0. The fourth-order valence-corrected chi connectivity index (χ4v) is 1.03. The summed E-state index contributed by atoms with van der Waals surface area (Å²) in [5, 5.41) is 0. The van der Waals surface area contributed by atoms with E-state index in [1.165, 1.54) is 7.11 Å². The lowest BCUT2D eigenvalue weighted by Gasteiger charge is -2.44. The molecular weight excluding hydrogens is 160 g/mol. The first-order chi connectivity index (χ1) is 5.41. The van der Waals surface area contributed by atoms with Crippen molar-refractivity contribution in [3.05, 3.63) is 0 Å². The minimum atomic E-state index is -0.984. The van der Waals surface area contributed by atoms with Gasteiger partial charge in [0.1, 0.15) is 12.2 Å². The van der Waals surface area contributed by atoms with Crippen molar-refractivity contribution in [3.63, 3.8) is 0 Å². The van der Waals surface area contributed by atoms with Gasteiger partial charge in [0.2, 0.25) is 5.79 Å². The van der Waals surface area contributed by atoms with Gasteiger partial charge in [0, 0.05) is 14.0 Å². The summed E-state index contributed by atoms with van der Waals surface area (Å²) in [6, 6.07) is 0. The summed E-state index contributed by atoms with van der Waals surface area (Å²) in [6.45, 7) is 5.32. The van der Waals surface area contributed by atoms with Gasteiger partial charge < -0.3 is 14.2 Å². The van der Waals surface area contributed by atoms with Crippen LogP contribution in [0.4, 0.5) is 0 Å². The van der Waals surface area contributed by atoms with Gasteiger partial charge in [-0.3, -0.25) is 0 Å². The maximum Gasteiger partial charge on any atom is 0.334 e. The van der Waals surface area contributed by atoms with Gasteiger partial charge in [0.05, 0.1) is 0 Å². The van der Waals surface area contributed by atoms with Gasteiger partial charge in [0.15, 0.2) is 0 Å². The number of hydrogen-bond acceptors (Lipinski definition) is 4. The quantitative estimate of drug-likeness (QED) is 0.549. The maximum atomic E-state index is 10.9. The van der Waals surface area contributed by atoms with Crippen LogP contribution in [0.25, 0.3) is 0 Å². The molecule has 1 fully saturated rings. The van der Waals surface area contributed by atoms with Gasteiger partial charge >= 0.3 is 5.97 Å². The van der Waals surface area contributed by atoms with Crippen LogP contribution in [0, 0.1) is 0 Å². The van der Waals surface area contributed by atoms with E-state index in [1.54, 1.807) is 6.92 Å². The third-order valence-corrected chi connectivity index (χ3v) is 2.34. The van der Waals surface area contributed by atoms with Crippen LogP contribution in [0.2, 0.25) is 0 Å². The molecule has 1 aliphatic heterocycles. The van der Waals surface area contributed by atoms with Gasteiger partial charge in [-0.15, -0.1) is 0 Å². The molecule has 0 radical (unpaired) electrons. The maximum absolute atomic E-state index is 10.9. The first-order valence-electron chi connectivity index (χ1n) is 3.82. The SMILES string of the molecule is CO[C@]1(C)OC(=O)COC1(C)C. The van der Waals surface area contributed by atoms with Gasteiger partial charge in [-0.05, 0) is 13.8 Å². The summed E-state index contributed by atoms with van der Waals surface area (Å²) in [7, 11) is 1.49. The highest BCUT2D eigenvalue weighted by molar-refractivity contribution is 5.72. The van der Waals surface area contributed by atoms with Crippen molar-refractivity contribution in [1.82, 2.24) is 0 Å². The largest absolute Gasteiger partial charge is 0.428 e. The van der Waals surface area contributed by atoms with Crippen LogP contribution in [0.3, 0.4) is 0 Å². The molecule has 0 aromatic rings. The van der Waals surface area contributed by atoms with Crippen LogP contribution in [0.5, 0.6) is 0 Å². The summed E-state index contributed by atoms with van der Waals surface area (Å²) in [6.07, 6.45) is 0. The monoisotopic (exact) mass is 174 g/mol. The lowest BCUT2D eigenvalue weighted by Crippen LogP contribution is -2.58. The van der Waals surface area contributed by atoms with E-state index in [9.17, 15) is 4.79 Å². The Balaban J connectivity index is 2.85. The fraction of sp³-hybridized carbons (Fsp3) is 0.875. The first kappa shape index (κ1) is 9.48. The molecule has 1 aliphatic rings. The minimum absolute atomic E-state index is 0.00799. The number of ether oxygens (including phenoxy) is 3. The van der Waals surface area contributed by atoms with Crippen molar-refractivity contribution >= 4 is 5.97 Å². The Kier molecular flexibility index (Phi) is 2.14. The van der Waals surface area contributed by atoms with Crippen molar-refractivity contribution in [1.29, 1.82) is 0 Å². The van der Waals surface area contributed by atoms with Gasteiger partial charge in [-0.25, -0.2) is 4.79 Å². The highest BCUT2D eigenvalue weighted by Crippen LogP contribution is 2.33. The van der Waals surface area contributed by atoms with E-state index >= 15 is 0 Å². The zero-order valence-corrected chi connectivity index (χ0v) is 7.84. The second kappa shape index (κ2) is 2.71. The van der Waals surface area contributed by atoms with Crippen LogP contribution < -0.4 is 0 Å². The first-order valence-corrected chi connectivity index (χ1v) is 3.82. The Hall–Kier alpha value is -0.610. The fourth-order valence-electron chi connectivity index (χ4n) is 1.03. The molecule has 0 aliphatic carbocycles. The molecule has 1 saturated heterocycles. The Bertz CT molecular complexity index is 199. The lowest BCUT2D eigenvalue weighted by molar-refractivity contribution is -0.315. The molecule has 1 rings (SSSR count). The number of cyclic esters (lactones) is 1. The molecule has 1 atom stereocenters. The zero-order valence-electron chi connectivity index (χ0n) is 7.84. The molecule has 0 amide bonds. The zero-order chi connectivity index (χ0) is 9.41. The van der Waals surface area contributed by atoms with Gasteiger partial charge in [-0.1, -0.05) is 0 Å². The van der Waals surface area contributed by atoms with Crippen molar-refractivity contribution in [3.8, 4) is 0 Å². The average molecular weight is 174 g/mol. The summed E-state index contributed by atoms with van der Waals surface area (Å²) >= 11 is 0.